The number of hydrogen-bond donors (Lipinski definition) is 1. The van der Waals surface area contributed by atoms with Crippen LogP contribution in [0.5, 0.6) is 0 Å². The topological polar surface area (TPSA) is 12.0 Å². The summed E-state index contributed by atoms with van der Waals surface area (Å²) in [6.45, 7) is 4.33. The number of hydrogen-bond acceptors (Lipinski definition) is 1. The van der Waals surface area contributed by atoms with Gasteiger partial charge in [-0.2, -0.15) is 0 Å². The Morgan fingerprint density at radius 3 is 2.33 bits per heavy atom. The highest BCUT2D eigenvalue weighted by molar-refractivity contribution is 5.86. The third-order valence-electron chi connectivity index (χ3n) is 4.16. The SMILES string of the molecule is CNC(c1ccc(C)cc1C)c1cccc2ccccc12. The zero-order valence-corrected chi connectivity index (χ0v) is 12.9. The summed E-state index contributed by atoms with van der Waals surface area (Å²) in [5, 5.41) is 6.10. The molecule has 0 aliphatic rings. The maximum atomic E-state index is 3.49. The first-order valence-electron chi connectivity index (χ1n) is 7.43. The first-order chi connectivity index (χ1) is 10.2. The Labute approximate surface area is 126 Å². The molecule has 3 aromatic carbocycles. The maximum Gasteiger partial charge on any atom is 0.0583 e. The monoisotopic (exact) mass is 275 g/mol. The van der Waals surface area contributed by atoms with Crippen LogP contribution in [0.4, 0.5) is 0 Å². The molecule has 1 heteroatoms. The lowest BCUT2D eigenvalue weighted by molar-refractivity contribution is 0.692. The second-order valence-corrected chi connectivity index (χ2v) is 5.65. The quantitative estimate of drug-likeness (QED) is 0.726. The Kier molecular flexibility index (Phi) is 3.76. The van der Waals surface area contributed by atoms with Crippen molar-refractivity contribution >= 4 is 10.8 Å². The van der Waals surface area contributed by atoms with Crippen LogP contribution < -0.4 is 5.32 Å². The molecule has 0 radical (unpaired) electrons. The molecule has 3 rings (SSSR count). The lowest BCUT2D eigenvalue weighted by Crippen LogP contribution is -2.19. The molecular formula is C20H21N. The summed E-state index contributed by atoms with van der Waals surface area (Å²) in [6, 6.07) is 22.0. The summed E-state index contributed by atoms with van der Waals surface area (Å²) in [4.78, 5) is 0. The van der Waals surface area contributed by atoms with Crippen LogP contribution in [0.1, 0.15) is 28.3 Å². The first-order valence-corrected chi connectivity index (χ1v) is 7.43. The van der Waals surface area contributed by atoms with E-state index in [1.165, 1.54) is 33.0 Å². The molecule has 3 aromatic rings. The summed E-state index contributed by atoms with van der Waals surface area (Å²) in [6.07, 6.45) is 0. The fourth-order valence-corrected chi connectivity index (χ4v) is 3.13. The Balaban J connectivity index is 2.18. The summed E-state index contributed by atoms with van der Waals surface area (Å²) >= 11 is 0. The first kappa shape index (κ1) is 13.8. The zero-order chi connectivity index (χ0) is 14.8. The smallest absolute Gasteiger partial charge is 0.0583 e. The van der Waals surface area contributed by atoms with Crippen molar-refractivity contribution in [3.05, 3.63) is 82.9 Å². The number of fused-ring (bicyclic) bond motifs is 1. The molecule has 0 fully saturated rings. The predicted octanol–water partition coefficient (Wildman–Crippen LogP) is 4.77. The van der Waals surface area contributed by atoms with Crippen LogP contribution >= 0.6 is 0 Å². The van der Waals surface area contributed by atoms with Gasteiger partial charge in [0.15, 0.2) is 0 Å². The van der Waals surface area contributed by atoms with Gasteiger partial charge in [0.1, 0.15) is 0 Å². The van der Waals surface area contributed by atoms with Gasteiger partial charge in [0.2, 0.25) is 0 Å². The highest BCUT2D eigenvalue weighted by Crippen LogP contribution is 2.30. The van der Waals surface area contributed by atoms with Crippen molar-refractivity contribution in [1.29, 1.82) is 0 Å². The lowest BCUT2D eigenvalue weighted by Gasteiger charge is -2.21. The number of rotatable bonds is 3. The molecule has 0 aliphatic heterocycles. The highest BCUT2D eigenvalue weighted by atomic mass is 14.9. The van der Waals surface area contributed by atoms with Crippen molar-refractivity contribution in [2.75, 3.05) is 7.05 Å². The normalized spacial score (nSPS) is 12.5. The summed E-state index contributed by atoms with van der Waals surface area (Å²) in [5.41, 5.74) is 5.33. The van der Waals surface area contributed by atoms with Crippen LogP contribution in [0.25, 0.3) is 10.8 Å². The van der Waals surface area contributed by atoms with Gasteiger partial charge in [-0.25, -0.2) is 0 Å². The van der Waals surface area contributed by atoms with E-state index in [4.69, 9.17) is 0 Å². The number of benzene rings is 3. The summed E-state index contributed by atoms with van der Waals surface area (Å²) < 4.78 is 0. The molecule has 0 aliphatic carbocycles. The van der Waals surface area contributed by atoms with E-state index < -0.39 is 0 Å². The molecule has 0 heterocycles. The van der Waals surface area contributed by atoms with Crippen LogP contribution in [-0.4, -0.2) is 7.05 Å². The minimum absolute atomic E-state index is 0.219. The van der Waals surface area contributed by atoms with Crippen molar-refractivity contribution in [2.24, 2.45) is 0 Å². The molecule has 1 N–H and O–H groups in total. The Bertz CT molecular complexity index is 768. The minimum Gasteiger partial charge on any atom is -0.309 e. The van der Waals surface area contributed by atoms with Crippen molar-refractivity contribution in [1.82, 2.24) is 5.32 Å². The Morgan fingerprint density at radius 1 is 0.810 bits per heavy atom. The highest BCUT2D eigenvalue weighted by Gasteiger charge is 2.16. The average molecular weight is 275 g/mol. The van der Waals surface area contributed by atoms with E-state index in [1.807, 2.05) is 7.05 Å². The third-order valence-corrected chi connectivity index (χ3v) is 4.16. The standard InChI is InChI=1S/C20H21N/c1-14-11-12-17(15(2)13-14)20(21-3)19-10-6-8-16-7-4-5-9-18(16)19/h4-13,20-21H,1-3H3. The number of aryl methyl sites for hydroxylation is 2. The molecule has 1 nitrogen and oxygen atoms in total. The second kappa shape index (κ2) is 5.71. The van der Waals surface area contributed by atoms with Crippen molar-refractivity contribution < 1.29 is 0 Å². The van der Waals surface area contributed by atoms with E-state index in [9.17, 15) is 0 Å². The lowest BCUT2D eigenvalue weighted by atomic mass is 9.91. The van der Waals surface area contributed by atoms with Crippen molar-refractivity contribution in [3.8, 4) is 0 Å². The zero-order valence-electron chi connectivity index (χ0n) is 12.9. The molecule has 106 valence electrons. The van der Waals surface area contributed by atoms with E-state index in [-0.39, 0.29) is 6.04 Å². The molecular weight excluding hydrogens is 254 g/mol. The minimum atomic E-state index is 0.219. The second-order valence-electron chi connectivity index (χ2n) is 5.65. The fraction of sp³-hybridized carbons (Fsp3) is 0.200. The van der Waals surface area contributed by atoms with Gasteiger partial charge >= 0.3 is 0 Å². The van der Waals surface area contributed by atoms with Crippen LogP contribution in [-0.2, 0) is 0 Å². The van der Waals surface area contributed by atoms with Gasteiger partial charge in [0.05, 0.1) is 6.04 Å². The van der Waals surface area contributed by atoms with Gasteiger partial charge in [-0.1, -0.05) is 66.2 Å². The van der Waals surface area contributed by atoms with Gasteiger partial charge in [-0.05, 0) is 48.4 Å². The maximum absolute atomic E-state index is 3.49. The fourth-order valence-electron chi connectivity index (χ4n) is 3.13. The largest absolute Gasteiger partial charge is 0.309 e. The molecule has 0 aromatic heterocycles. The van der Waals surface area contributed by atoms with Gasteiger partial charge in [0, 0.05) is 0 Å². The van der Waals surface area contributed by atoms with Crippen molar-refractivity contribution in [3.63, 3.8) is 0 Å². The number of nitrogens with one attached hydrogen (secondary N) is 1. The summed E-state index contributed by atoms with van der Waals surface area (Å²) in [5.74, 6) is 0. The van der Waals surface area contributed by atoms with Crippen LogP contribution in [0, 0.1) is 13.8 Å². The van der Waals surface area contributed by atoms with Gasteiger partial charge in [0.25, 0.3) is 0 Å². The van der Waals surface area contributed by atoms with Crippen LogP contribution in [0.3, 0.4) is 0 Å². The third kappa shape index (κ3) is 2.57. The van der Waals surface area contributed by atoms with E-state index in [1.54, 1.807) is 0 Å². The molecule has 21 heavy (non-hydrogen) atoms. The molecule has 0 saturated carbocycles. The van der Waals surface area contributed by atoms with E-state index in [0.29, 0.717) is 0 Å². The average Bonchev–Trinajstić information content (AvgIpc) is 2.50. The van der Waals surface area contributed by atoms with E-state index in [0.717, 1.165) is 0 Å². The molecule has 1 atom stereocenters. The Morgan fingerprint density at radius 2 is 1.57 bits per heavy atom. The molecule has 0 amide bonds. The van der Waals surface area contributed by atoms with Crippen LogP contribution in [0.15, 0.2) is 60.7 Å². The molecule has 0 spiro atoms. The molecule has 0 saturated heterocycles. The van der Waals surface area contributed by atoms with Gasteiger partial charge in [-0.3, -0.25) is 0 Å². The van der Waals surface area contributed by atoms with Crippen molar-refractivity contribution in [2.45, 2.75) is 19.9 Å². The van der Waals surface area contributed by atoms with Gasteiger partial charge < -0.3 is 5.32 Å². The summed E-state index contributed by atoms with van der Waals surface area (Å²) in [7, 11) is 2.03. The van der Waals surface area contributed by atoms with Crippen LogP contribution in [0.2, 0.25) is 0 Å². The van der Waals surface area contributed by atoms with E-state index >= 15 is 0 Å². The van der Waals surface area contributed by atoms with Gasteiger partial charge in [-0.15, -0.1) is 0 Å². The predicted molar refractivity (Wildman–Crippen MR) is 90.8 cm³/mol. The van der Waals surface area contributed by atoms with E-state index in [2.05, 4.69) is 79.8 Å². The Hall–Kier alpha value is -2.12. The molecule has 1 unspecified atom stereocenters. The molecule has 0 bridgehead atoms.